The normalized spacial score (nSPS) is 19.3. The molecule has 102 heavy (non-hydrogen) atoms. The van der Waals surface area contributed by atoms with Crippen LogP contribution in [0.5, 0.6) is 0 Å². The summed E-state index contributed by atoms with van der Waals surface area (Å²) < 4.78 is 236. The Balaban J connectivity index is 0.000000216. The summed E-state index contributed by atoms with van der Waals surface area (Å²) in [5.74, 6) is -31.0. The Bertz CT molecular complexity index is 3960. The van der Waals surface area contributed by atoms with Gasteiger partial charge in [0.1, 0.15) is 0 Å². The Morgan fingerprint density at radius 2 is 0.961 bits per heavy atom. The fourth-order valence-corrected chi connectivity index (χ4v) is 12.3. The maximum Gasteiger partial charge on any atom is 0.380 e. The number of aliphatic imine (C=N–C) groups is 1. The topological polar surface area (TPSA) is 183 Å². The first-order chi connectivity index (χ1) is 47.7. The number of hydrogen-bond donors (Lipinski definition) is 3. The number of rotatable bonds is 14. The van der Waals surface area contributed by atoms with E-state index < -0.39 is 108 Å². The van der Waals surface area contributed by atoms with Gasteiger partial charge in [-0.05, 0) is 60.4 Å². The summed E-state index contributed by atoms with van der Waals surface area (Å²) in [4.78, 5) is 57.5. The first-order valence-electron chi connectivity index (χ1n) is 29.6. The number of carboxylic acid groups (broad SMARTS) is 1. The number of benzene rings is 7. The van der Waals surface area contributed by atoms with Crippen LogP contribution in [0.4, 0.5) is 74.6 Å². The predicted molar refractivity (Wildman–Crippen MR) is 359 cm³/mol. The van der Waals surface area contributed by atoms with Crippen LogP contribution in [0.15, 0.2) is 193 Å². The average molecular weight is 1730 g/mol. The Morgan fingerprint density at radius 3 is 1.38 bits per heavy atom. The van der Waals surface area contributed by atoms with Crippen LogP contribution < -0.4 is 5.73 Å². The molecule has 11 nitrogen and oxygen atoms in total. The largest absolute Gasteiger partial charge is 0.477 e. The number of esters is 2. The molecular weight excluding hydrogens is 1680 g/mol. The number of nitrogens with two attached hydrogens (primary N) is 1. The van der Waals surface area contributed by atoms with Crippen molar-refractivity contribution in [2.24, 2.45) is 10.7 Å². The van der Waals surface area contributed by atoms with E-state index in [9.17, 15) is 104 Å². The maximum absolute atomic E-state index is 14.0. The summed E-state index contributed by atoms with van der Waals surface area (Å²) >= 11 is 13.6. The molecule has 1 heterocycles. The lowest BCUT2D eigenvalue weighted by molar-refractivity contribution is -0.189. The number of hydrogen-bond acceptors (Lipinski definition) is 11. The number of carbonyl (C=O) groups is 5. The van der Waals surface area contributed by atoms with Crippen molar-refractivity contribution in [1.82, 2.24) is 0 Å². The average Bonchev–Trinajstić information content (AvgIpc) is 1.62. The number of carboxylic acids is 1. The molecule has 4 N–H and O–H groups in total. The summed E-state index contributed by atoms with van der Waals surface area (Å²) in [6, 6.07) is 40.1. The molecule has 8 unspecified atom stereocenters. The SMILES string of the molecule is CCOC(=O)C(F)(F)C(F)c1ccccc1Br.CCOC(=O)C(F)(F)C(O)c1ccccc1Br.FC1c2ccccc2C(CC2=NCCS2)C1(F)F.NC1c2ccccc2C(F)C1(F)F.O=C(O)C(F)(F)C(F)c1ccccc1Br.O=C1c2ccccc2C(F)C1(F)F.O=Cc1ccccc1Br. The standard InChI is InChI=1S/C13H12F3NS.C11H10BrF3O2.C11H11BrF2O3.C9H6BrF3O2.C9H8F3N.C9H5F3O.C7H5BrO/c14-12-9-4-2-1-3-8(9)10(13(12,15)16)7-11-17-5-6-18-11;1-2-17-10(16)11(14,15)9(13)7-5-3-4-6-8(7)12;1-2-17-10(16)11(13,14)9(15)7-5-3-4-6-8(7)12;10-6-4-2-1-3-5(6)7(11)9(12,13)8(14)15;2*10-7-5-3-1-2-4-6(5)8(13)9(7,11)12;8-7-4-2-1-3-6(7)5-9/h1-4,10,12H,5-7H2;3-6,9H,2H2,1H3;3-6,9,15H,2H2,1H3;1-4,7H,(H,14,15);1-4,7-8H,13H2;1-4,7H;1-5H. The van der Waals surface area contributed by atoms with Gasteiger partial charge in [-0.2, -0.15) is 35.1 Å². The van der Waals surface area contributed by atoms with E-state index in [1.54, 1.807) is 42.5 Å². The van der Waals surface area contributed by atoms with Gasteiger partial charge in [-0.25, -0.2) is 53.9 Å². The number of nitrogens with zero attached hydrogens (tertiary/aromatic N) is 1. The van der Waals surface area contributed by atoms with Crippen LogP contribution in [0.25, 0.3) is 0 Å². The van der Waals surface area contributed by atoms with E-state index in [-0.39, 0.29) is 73.1 Å². The highest BCUT2D eigenvalue weighted by Gasteiger charge is 2.58. The number of aliphatic carboxylic acids is 1. The van der Waals surface area contributed by atoms with Crippen LogP contribution in [0.1, 0.15) is 134 Å². The summed E-state index contributed by atoms with van der Waals surface area (Å²) in [6.45, 7) is 3.08. The van der Waals surface area contributed by atoms with Crippen molar-refractivity contribution < 1.29 is 118 Å². The smallest absolute Gasteiger partial charge is 0.380 e. The number of alkyl halides is 17. The zero-order valence-electron chi connectivity index (χ0n) is 52.5. The Kier molecular flexibility index (Phi) is 31.1. The third-order valence-corrected chi connectivity index (χ3v) is 18.8. The van der Waals surface area contributed by atoms with Crippen LogP contribution >= 0.6 is 75.5 Å². The van der Waals surface area contributed by atoms with Gasteiger partial charge in [0.15, 0.2) is 30.9 Å². The predicted octanol–water partition coefficient (Wildman–Crippen LogP) is 20.6. The van der Waals surface area contributed by atoms with Gasteiger partial charge in [0.05, 0.1) is 30.2 Å². The fraction of sp³-hybridized carbons (Fsp3) is 0.304. The minimum atomic E-state index is -4.43. The van der Waals surface area contributed by atoms with E-state index in [1.165, 1.54) is 129 Å². The molecular formula is C69H57Br4F17N2O9S. The number of ketones is 1. The third-order valence-electron chi connectivity index (χ3n) is 14.9. The van der Waals surface area contributed by atoms with Crippen LogP contribution in [0.3, 0.4) is 0 Å². The Hall–Kier alpha value is -7.04. The molecule has 11 rings (SSSR count). The molecule has 4 aliphatic rings. The van der Waals surface area contributed by atoms with Crippen LogP contribution in [-0.4, -0.2) is 106 Å². The quantitative estimate of drug-likeness (QED) is 0.0535. The molecule has 0 amide bonds. The molecule has 7 aromatic carbocycles. The van der Waals surface area contributed by atoms with Crippen LogP contribution in [0, 0.1) is 0 Å². The van der Waals surface area contributed by atoms with Crippen molar-refractivity contribution in [1.29, 1.82) is 0 Å². The van der Waals surface area contributed by atoms with Crippen molar-refractivity contribution in [3.8, 4) is 0 Å². The number of carbonyl (C=O) groups excluding carboxylic acids is 4. The second-order valence-electron chi connectivity index (χ2n) is 21.5. The van der Waals surface area contributed by atoms with Crippen molar-refractivity contribution in [3.05, 3.63) is 243 Å². The molecule has 0 fully saturated rings. The minimum absolute atomic E-state index is 0.0139. The van der Waals surface area contributed by atoms with E-state index in [1.807, 2.05) is 18.2 Å². The summed E-state index contributed by atoms with van der Waals surface area (Å²) in [6.07, 6.45) is -13.8. The van der Waals surface area contributed by atoms with E-state index in [4.69, 9.17) is 10.8 Å². The van der Waals surface area contributed by atoms with Gasteiger partial charge in [-0.15, -0.1) is 11.8 Å². The molecule has 0 radical (unpaired) electrons. The van der Waals surface area contributed by atoms with Crippen LogP contribution in [-0.2, 0) is 23.9 Å². The molecule has 0 saturated heterocycles. The Labute approximate surface area is 609 Å². The summed E-state index contributed by atoms with van der Waals surface area (Å²) in [7, 11) is 0. The second kappa shape index (κ2) is 37.1. The number of aldehydes is 1. The zero-order chi connectivity index (χ0) is 76.5. The zero-order valence-corrected chi connectivity index (χ0v) is 59.7. The van der Waals surface area contributed by atoms with Crippen molar-refractivity contribution in [2.75, 3.05) is 25.5 Å². The molecule has 0 spiro atoms. The molecule has 7 aromatic rings. The lowest BCUT2D eigenvalue weighted by Gasteiger charge is -2.21. The van der Waals surface area contributed by atoms with Crippen molar-refractivity contribution >= 4 is 111 Å². The Morgan fingerprint density at radius 1 is 0.569 bits per heavy atom. The molecule has 33 heteroatoms. The molecule has 550 valence electrons. The molecule has 0 aromatic heterocycles. The number of thioether (sulfide) groups is 1. The maximum atomic E-state index is 14.0. The van der Waals surface area contributed by atoms with Gasteiger partial charge in [0.2, 0.25) is 18.1 Å². The third kappa shape index (κ3) is 20.3. The molecule has 3 aliphatic carbocycles. The van der Waals surface area contributed by atoms with E-state index in [2.05, 4.69) is 78.2 Å². The van der Waals surface area contributed by atoms with Crippen molar-refractivity contribution in [3.63, 3.8) is 0 Å². The van der Waals surface area contributed by atoms with E-state index in [0.29, 0.717) is 22.1 Å². The second-order valence-corrected chi connectivity index (χ2v) is 26.1. The summed E-state index contributed by atoms with van der Waals surface area (Å²) in [5, 5.41) is 18.4. The monoisotopic (exact) mass is 1730 g/mol. The van der Waals surface area contributed by atoms with Gasteiger partial charge in [0.25, 0.3) is 5.92 Å². The van der Waals surface area contributed by atoms with E-state index in [0.717, 1.165) is 27.6 Å². The molecule has 1 aliphatic heterocycles. The molecule has 8 atom stereocenters. The highest BCUT2D eigenvalue weighted by atomic mass is 79.9. The number of ether oxygens (including phenoxy) is 2. The van der Waals surface area contributed by atoms with Crippen molar-refractivity contribution in [2.45, 2.75) is 105 Å². The number of aliphatic hydroxyl groups is 1. The first kappa shape index (κ1) is 85.6. The number of fused-ring (bicyclic) bond motifs is 3. The van der Waals surface area contributed by atoms with Gasteiger partial charge in [0, 0.05) is 70.0 Å². The van der Waals surface area contributed by atoms with Gasteiger partial charge in [-0.3, -0.25) is 14.6 Å². The number of halogens is 21. The minimum Gasteiger partial charge on any atom is -0.477 e. The molecule has 0 saturated carbocycles. The first-order valence-corrected chi connectivity index (χ1v) is 33.8. The molecule has 0 bridgehead atoms. The highest BCUT2D eigenvalue weighted by Crippen LogP contribution is 2.56. The lowest BCUT2D eigenvalue weighted by atomic mass is 9.96. The van der Waals surface area contributed by atoms with E-state index >= 15 is 0 Å². The van der Waals surface area contributed by atoms with Gasteiger partial charge in [-0.1, -0.05) is 209 Å². The number of aliphatic hydroxyl groups excluding tert-OH is 1. The van der Waals surface area contributed by atoms with Gasteiger partial charge >= 0.3 is 47.5 Å². The highest BCUT2D eigenvalue weighted by molar-refractivity contribution is 9.11. The lowest BCUT2D eigenvalue weighted by Crippen LogP contribution is -2.37. The van der Waals surface area contributed by atoms with Gasteiger partial charge < -0.3 is 25.4 Å². The fourth-order valence-electron chi connectivity index (χ4n) is 9.58. The summed E-state index contributed by atoms with van der Waals surface area (Å²) in [5.41, 5.74) is 5.56. The number of Topliss-reactive ketones (excluding diaryl/α,β-unsaturated/α-hetero) is 1. The van der Waals surface area contributed by atoms with Crippen LogP contribution in [0.2, 0.25) is 0 Å².